The number of hydrogen-bond acceptors (Lipinski definition) is 5. The zero-order valence-electron chi connectivity index (χ0n) is 11.9. The second-order valence-electron chi connectivity index (χ2n) is 5.09. The predicted octanol–water partition coefficient (Wildman–Crippen LogP) is 1.32. The Morgan fingerprint density at radius 3 is 2.82 bits per heavy atom. The first kappa shape index (κ1) is 16.6. The number of aliphatic hydroxyl groups excluding tert-OH is 2. The fourth-order valence-electron chi connectivity index (χ4n) is 2.41. The summed E-state index contributed by atoms with van der Waals surface area (Å²) in [5.41, 5.74) is 9.10. The van der Waals surface area contributed by atoms with Gasteiger partial charge in [-0.25, -0.2) is 8.42 Å². The summed E-state index contributed by atoms with van der Waals surface area (Å²) < 4.78 is 25.2. The lowest BCUT2D eigenvalue weighted by atomic mass is 10.0. The Morgan fingerprint density at radius 1 is 1.41 bits per heavy atom. The van der Waals surface area contributed by atoms with E-state index in [0.717, 1.165) is 0 Å². The summed E-state index contributed by atoms with van der Waals surface area (Å²) in [6.45, 7) is 0.496. The van der Waals surface area contributed by atoms with Crippen LogP contribution in [0.5, 0.6) is 0 Å². The summed E-state index contributed by atoms with van der Waals surface area (Å²) in [5.74, 6) is 0.120. The van der Waals surface area contributed by atoms with E-state index in [1.54, 1.807) is 24.3 Å². The maximum absolute atomic E-state index is 11.9. The molecule has 1 heterocycles. The first-order chi connectivity index (χ1) is 10.5. The predicted molar refractivity (Wildman–Crippen MR) is 81.8 cm³/mol. The molecule has 1 aromatic carbocycles. The Morgan fingerprint density at radius 2 is 2.18 bits per heavy atom. The van der Waals surface area contributed by atoms with Crippen molar-refractivity contribution in [2.45, 2.75) is 25.0 Å². The molecule has 0 amide bonds. The van der Waals surface area contributed by atoms with Crippen molar-refractivity contribution in [2.24, 2.45) is 5.11 Å². The molecule has 2 unspecified atom stereocenters. The molecule has 0 aromatic heterocycles. The van der Waals surface area contributed by atoms with Gasteiger partial charge in [0, 0.05) is 18.0 Å². The standard InChI is InChI=1S/C13H18N4O4S/c14-16-15-6-5-12(18)13(19)10-3-1-4-11(9-10)17-7-2-8-22(17,20)21/h1,3-4,9,12-13,18-19H,2,5-8H2. The maximum atomic E-state index is 11.9. The molecule has 0 radical (unpaired) electrons. The topological polar surface area (TPSA) is 127 Å². The Balaban J connectivity index is 2.15. The van der Waals surface area contributed by atoms with E-state index >= 15 is 0 Å². The third-order valence-corrected chi connectivity index (χ3v) is 5.42. The molecule has 1 saturated heterocycles. The number of aliphatic hydroxyl groups is 2. The lowest BCUT2D eigenvalue weighted by Crippen LogP contribution is -2.25. The van der Waals surface area contributed by atoms with Gasteiger partial charge >= 0.3 is 0 Å². The molecule has 9 heteroatoms. The molecule has 2 atom stereocenters. The van der Waals surface area contributed by atoms with Crippen LogP contribution < -0.4 is 4.31 Å². The molecule has 1 aromatic rings. The van der Waals surface area contributed by atoms with Crippen LogP contribution >= 0.6 is 0 Å². The smallest absolute Gasteiger partial charge is 0.235 e. The molecular weight excluding hydrogens is 308 g/mol. The lowest BCUT2D eigenvalue weighted by molar-refractivity contribution is 0.0150. The highest BCUT2D eigenvalue weighted by Gasteiger charge is 2.29. The van der Waals surface area contributed by atoms with Gasteiger partial charge in [0.25, 0.3) is 0 Å². The van der Waals surface area contributed by atoms with Gasteiger partial charge in [0.2, 0.25) is 10.0 Å². The maximum Gasteiger partial charge on any atom is 0.235 e. The molecule has 22 heavy (non-hydrogen) atoms. The molecule has 0 saturated carbocycles. The highest BCUT2D eigenvalue weighted by atomic mass is 32.2. The lowest BCUT2D eigenvalue weighted by Gasteiger charge is -2.21. The first-order valence-corrected chi connectivity index (χ1v) is 8.54. The van der Waals surface area contributed by atoms with E-state index in [2.05, 4.69) is 10.0 Å². The average molecular weight is 326 g/mol. The SMILES string of the molecule is [N-]=[N+]=NCCC(O)C(O)c1cccc(N2CCCS2(=O)=O)c1. The van der Waals surface area contributed by atoms with Crippen molar-refractivity contribution in [1.82, 2.24) is 0 Å². The molecule has 8 nitrogen and oxygen atoms in total. The number of nitrogens with zero attached hydrogens (tertiary/aromatic N) is 4. The van der Waals surface area contributed by atoms with Gasteiger partial charge in [-0.2, -0.15) is 0 Å². The van der Waals surface area contributed by atoms with Crippen molar-refractivity contribution < 1.29 is 18.6 Å². The molecule has 1 aliphatic rings. The van der Waals surface area contributed by atoms with E-state index in [1.807, 2.05) is 0 Å². The quantitative estimate of drug-likeness (QED) is 0.464. The van der Waals surface area contributed by atoms with Crippen LogP contribution in [0.3, 0.4) is 0 Å². The van der Waals surface area contributed by atoms with Crippen molar-refractivity contribution in [1.29, 1.82) is 0 Å². The number of anilines is 1. The van der Waals surface area contributed by atoms with E-state index in [-0.39, 0.29) is 18.7 Å². The summed E-state index contributed by atoms with van der Waals surface area (Å²) in [7, 11) is -3.29. The van der Waals surface area contributed by atoms with Crippen molar-refractivity contribution in [3.05, 3.63) is 40.3 Å². The molecular formula is C13H18N4O4S. The second kappa shape index (κ2) is 6.97. The third kappa shape index (κ3) is 3.69. The van der Waals surface area contributed by atoms with E-state index in [4.69, 9.17) is 5.53 Å². The summed E-state index contributed by atoms with van der Waals surface area (Å²) in [6, 6.07) is 6.48. The van der Waals surface area contributed by atoms with Gasteiger partial charge in [0.1, 0.15) is 6.10 Å². The number of benzene rings is 1. The van der Waals surface area contributed by atoms with Crippen molar-refractivity contribution >= 4 is 15.7 Å². The van der Waals surface area contributed by atoms with E-state index in [9.17, 15) is 18.6 Å². The molecule has 1 fully saturated rings. The Hall–Kier alpha value is -1.80. The zero-order valence-corrected chi connectivity index (χ0v) is 12.7. The monoisotopic (exact) mass is 326 g/mol. The molecule has 0 bridgehead atoms. The zero-order chi connectivity index (χ0) is 16.2. The molecule has 1 aliphatic heterocycles. The third-order valence-electron chi connectivity index (χ3n) is 3.55. The van der Waals surface area contributed by atoms with Crippen LogP contribution in [-0.2, 0) is 10.0 Å². The summed E-state index contributed by atoms with van der Waals surface area (Å²) >= 11 is 0. The second-order valence-corrected chi connectivity index (χ2v) is 7.10. The molecule has 2 rings (SSSR count). The Kier molecular flexibility index (Phi) is 5.25. The molecule has 0 spiro atoms. The van der Waals surface area contributed by atoms with Gasteiger partial charge < -0.3 is 10.2 Å². The Labute approximate surface area is 128 Å². The normalized spacial score (nSPS) is 19.5. The fourth-order valence-corrected chi connectivity index (χ4v) is 3.96. The molecule has 0 aliphatic carbocycles. The average Bonchev–Trinajstić information content (AvgIpc) is 2.86. The van der Waals surface area contributed by atoms with Crippen molar-refractivity contribution in [3.8, 4) is 0 Å². The highest BCUT2D eigenvalue weighted by Crippen LogP contribution is 2.28. The number of hydrogen-bond donors (Lipinski definition) is 2. The van der Waals surface area contributed by atoms with Crippen molar-refractivity contribution in [3.63, 3.8) is 0 Å². The number of sulfonamides is 1. The van der Waals surface area contributed by atoms with Crippen LogP contribution in [0.15, 0.2) is 29.4 Å². The van der Waals surface area contributed by atoms with Gasteiger partial charge in [-0.05, 0) is 36.1 Å². The largest absolute Gasteiger partial charge is 0.390 e. The first-order valence-electron chi connectivity index (χ1n) is 6.93. The van der Waals surface area contributed by atoms with Crippen LogP contribution in [0.1, 0.15) is 24.5 Å². The van der Waals surface area contributed by atoms with Gasteiger partial charge in [-0.1, -0.05) is 17.2 Å². The Bertz CT molecular complexity index is 672. The summed E-state index contributed by atoms with van der Waals surface area (Å²) in [6.07, 6.45) is -1.56. The minimum atomic E-state index is -3.29. The van der Waals surface area contributed by atoms with Crippen LogP contribution in [0, 0.1) is 0 Å². The molecule has 2 N–H and O–H groups in total. The van der Waals surface area contributed by atoms with Crippen molar-refractivity contribution in [2.75, 3.05) is 23.1 Å². The van der Waals surface area contributed by atoms with E-state index in [1.165, 1.54) is 4.31 Å². The number of azide groups is 1. The van der Waals surface area contributed by atoms with E-state index in [0.29, 0.717) is 24.2 Å². The van der Waals surface area contributed by atoms with Crippen LogP contribution in [-0.4, -0.2) is 43.6 Å². The van der Waals surface area contributed by atoms with E-state index < -0.39 is 22.2 Å². The van der Waals surface area contributed by atoms with Crippen LogP contribution in [0.2, 0.25) is 0 Å². The highest BCUT2D eigenvalue weighted by molar-refractivity contribution is 7.93. The molecule has 120 valence electrons. The van der Waals surface area contributed by atoms with Gasteiger partial charge in [0.15, 0.2) is 0 Å². The van der Waals surface area contributed by atoms with Gasteiger partial charge in [-0.15, -0.1) is 0 Å². The minimum absolute atomic E-state index is 0.0783. The van der Waals surface area contributed by atoms with Gasteiger partial charge in [0.05, 0.1) is 17.5 Å². The summed E-state index contributed by atoms with van der Waals surface area (Å²) in [5, 5.41) is 23.3. The number of rotatable bonds is 6. The van der Waals surface area contributed by atoms with Crippen LogP contribution in [0.25, 0.3) is 10.4 Å². The fraction of sp³-hybridized carbons (Fsp3) is 0.538. The minimum Gasteiger partial charge on any atom is -0.390 e. The van der Waals surface area contributed by atoms with Gasteiger partial charge in [-0.3, -0.25) is 4.31 Å². The van der Waals surface area contributed by atoms with Crippen LogP contribution in [0.4, 0.5) is 5.69 Å². The summed E-state index contributed by atoms with van der Waals surface area (Å²) in [4.78, 5) is 2.58.